The lowest BCUT2D eigenvalue weighted by atomic mass is 9.88. The zero-order valence-electron chi connectivity index (χ0n) is 12.0. The van der Waals surface area contributed by atoms with E-state index >= 15 is 0 Å². The van der Waals surface area contributed by atoms with E-state index in [0.717, 1.165) is 18.4 Å². The van der Waals surface area contributed by atoms with Crippen LogP contribution < -0.4 is 11.3 Å². The second-order valence-corrected chi connectivity index (χ2v) is 6.31. The Morgan fingerprint density at radius 3 is 2.80 bits per heavy atom. The Hall–Kier alpha value is -1.55. The lowest BCUT2D eigenvalue weighted by Gasteiger charge is -2.27. The number of carbonyl (C=O) groups excluding carboxylic acids is 1. The maximum atomic E-state index is 12.5. The van der Waals surface area contributed by atoms with Gasteiger partial charge in [0.05, 0.1) is 11.3 Å². The highest BCUT2D eigenvalue weighted by Crippen LogP contribution is 2.48. The van der Waals surface area contributed by atoms with Crippen molar-refractivity contribution in [1.82, 2.24) is 4.90 Å². The Morgan fingerprint density at radius 2 is 2.15 bits per heavy atom. The number of carbonyl (C=O) groups is 1. The van der Waals surface area contributed by atoms with E-state index in [0.29, 0.717) is 17.2 Å². The number of nitrogen functional groups attached to an aromatic ring is 1. The highest BCUT2D eigenvalue weighted by Gasteiger charge is 2.40. The normalized spacial score (nSPS) is 27.6. The van der Waals surface area contributed by atoms with Gasteiger partial charge in [-0.2, -0.15) is 0 Å². The van der Waals surface area contributed by atoms with Gasteiger partial charge < -0.3 is 10.3 Å². The van der Waals surface area contributed by atoms with Crippen LogP contribution in [-0.2, 0) is 0 Å². The highest BCUT2D eigenvalue weighted by molar-refractivity contribution is 5.99. The van der Waals surface area contributed by atoms with Gasteiger partial charge in [0.1, 0.15) is 0 Å². The molecule has 4 nitrogen and oxygen atoms in total. The molecule has 0 aliphatic heterocycles. The quantitative estimate of drug-likeness (QED) is 0.654. The summed E-state index contributed by atoms with van der Waals surface area (Å²) < 4.78 is 0. The van der Waals surface area contributed by atoms with Gasteiger partial charge >= 0.3 is 0 Å². The first kappa shape index (κ1) is 13.4. The Bertz CT molecular complexity index is 502. The SMILES string of the molecule is CN(CC1CC2CCC1C2)C(=O)c1ccccc1NN. The molecule has 3 rings (SSSR count). The minimum absolute atomic E-state index is 0.0568. The summed E-state index contributed by atoms with van der Waals surface area (Å²) in [5.41, 5.74) is 3.95. The average Bonchev–Trinajstić information content (AvgIpc) is 3.09. The number of hydrogen-bond donors (Lipinski definition) is 2. The molecule has 0 radical (unpaired) electrons. The minimum Gasteiger partial charge on any atom is -0.341 e. The van der Waals surface area contributed by atoms with Crippen LogP contribution in [0, 0.1) is 17.8 Å². The van der Waals surface area contributed by atoms with E-state index in [1.165, 1.54) is 25.7 Å². The molecular weight excluding hydrogens is 250 g/mol. The predicted octanol–water partition coefficient (Wildman–Crippen LogP) is 2.48. The largest absolute Gasteiger partial charge is 0.341 e. The summed E-state index contributed by atoms with van der Waals surface area (Å²) in [7, 11) is 1.90. The molecule has 1 aromatic carbocycles. The molecular formula is C16H23N3O. The van der Waals surface area contributed by atoms with Crippen LogP contribution in [0.15, 0.2) is 24.3 Å². The van der Waals surface area contributed by atoms with Crippen molar-refractivity contribution in [2.24, 2.45) is 23.6 Å². The fourth-order valence-corrected chi connectivity index (χ4v) is 4.04. The Balaban J connectivity index is 1.67. The molecule has 2 aliphatic rings. The fraction of sp³-hybridized carbons (Fsp3) is 0.562. The third kappa shape index (κ3) is 2.40. The molecule has 3 N–H and O–H groups in total. The van der Waals surface area contributed by atoms with Crippen molar-refractivity contribution in [2.75, 3.05) is 19.0 Å². The zero-order chi connectivity index (χ0) is 14.1. The molecule has 0 saturated heterocycles. The number of rotatable bonds is 4. The van der Waals surface area contributed by atoms with Crippen molar-refractivity contribution in [3.8, 4) is 0 Å². The smallest absolute Gasteiger partial charge is 0.255 e. The molecule has 2 saturated carbocycles. The van der Waals surface area contributed by atoms with Crippen molar-refractivity contribution < 1.29 is 4.79 Å². The van der Waals surface area contributed by atoms with Crippen molar-refractivity contribution in [2.45, 2.75) is 25.7 Å². The lowest BCUT2D eigenvalue weighted by molar-refractivity contribution is 0.0755. The van der Waals surface area contributed by atoms with Gasteiger partial charge in [0.2, 0.25) is 0 Å². The summed E-state index contributed by atoms with van der Waals surface area (Å²) in [6, 6.07) is 7.41. The van der Waals surface area contributed by atoms with Crippen molar-refractivity contribution in [1.29, 1.82) is 0 Å². The molecule has 0 heterocycles. The van der Waals surface area contributed by atoms with Crippen molar-refractivity contribution in [3.05, 3.63) is 29.8 Å². The topological polar surface area (TPSA) is 58.4 Å². The number of hydrazine groups is 1. The summed E-state index contributed by atoms with van der Waals surface area (Å²) in [6.45, 7) is 0.874. The van der Waals surface area contributed by atoms with Gasteiger partial charge in [-0.3, -0.25) is 10.6 Å². The van der Waals surface area contributed by atoms with Gasteiger partial charge in [0.25, 0.3) is 5.91 Å². The second-order valence-electron chi connectivity index (χ2n) is 6.31. The van der Waals surface area contributed by atoms with Gasteiger partial charge in [-0.1, -0.05) is 18.6 Å². The zero-order valence-corrected chi connectivity index (χ0v) is 12.0. The molecule has 3 unspecified atom stereocenters. The maximum Gasteiger partial charge on any atom is 0.255 e. The Labute approximate surface area is 120 Å². The molecule has 108 valence electrons. The summed E-state index contributed by atoms with van der Waals surface area (Å²) in [5.74, 6) is 8.00. The molecule has 3 atom stereocenters. The first-order chi connectivity index (χ1) is 9.69. The van der Waals surface area contributed by atoms with Gasteiger partial charge in [-0.05, 0) is 49.1 Å². The number of fused-ring (bicyclic) bond motifs is 2. The number of nitrogens with two attached hydrogens (primary N) is 1. The molecule has 0 aromatic heterocycles. The van der Waals surface area contributed by atoms with Crippen LogP contribution >= 0.6 is 0 Å². The van der Waals surface area contributed by atoms with E-state index in [4.69, 9.17) is 5.84 Å². The molecule has 2 fully saturated rings. The molecule has 2 aliphatic carbocycles. The van der Waals surface area contributed by atoms with Crippen LogP contribution in [-0.4, -0.2) is 24.4 Å². The number of hydrogen-bond acceptors (Lipinski definition) is 3. The monoisotopic (exact) mass is 273 g/mol. The third-order valence-corrected chi connectivity index (χ3v) is 5.05. The highest BCUT2D eigenvalue weighted by atomic mass is 16.2. The van der Waals surface area contributed by atoms with E-state index in [1.54, 1.807) is 0 Å². The van der Waals surface area contributed by atoms with Crippen molar-refractivity contribution in [3.63, 3.8) is 0 Å². The number of anilines is 1. The van der Waals surface area contributed by atoms with E-state index in [9.17, 15) is 4.79 Å². The van der Waals surface area contributed by atoms with Gasteiger partial charge in [0.15, 0.2) is 0 Å². The fourth-order valence-electron chi connectivity index (χ4n) is 4.04. The average molecular weight is 273 g/mol. The van der Waals surface area contributed by atoms with E-state index < -0.39 is 0 Å². The number of nitrogens with zero attached hydrogens (tertiary/aromatic N) is 1. The van der Waals surface area contributed by atoms with E-state index in [2.05, 4.69) is 5.43 Å². The van der Waals surface area contributed by atoms with E-state index in [-0.39, 0.29) is 5.91 Å². The molecule has 1 amide bonds. The van der Waals surface area contributed by atoms with E-state index in [1.807, 2.05) is 36.2 Å². The number of benzene rings is 1. The maximum absolute atomic E-state index is 12.5. The van der Waals surface area contributed by atoms with Crippen LogP contribution in [0.4, 0.5) is 5.69 Å². The van der Waals surface area contributed by atoms with Crippen LogP contribution in [0.1, 0.15) is 36.0 Å². The predicted molar refractivity (Wildman–Crippen MR) is 80.2 cm³/mol. The Morgan fingerprint density at radius 1 is 1.35 bits per heavy atom. The van der Waals surface area contributed by atoms with Gasteiger partial charge in [0, 0.05) is 13.6 Å². The van der Waals surface area contributed by atoms with Gasteiger partial charge in [-0.15, -0.1) is 0 Å². The number of amides is 1. The number of para-hydroxylation sites is 1. The molecule has 20 heavy (non-hydrogen) atoms. The minimum atomic E-state index is 0.0568. The standard InChI is InChI=1S/C16H23N3O/c1-19(10-13-9-11-6-7-12(13)8-11)16(20)14-4-2-3-5-15(14)18-17/h2-5,11-13,18H,6-10,17H2,1H3. The first-order valence-electron chi connectivity index (χ1n) is 7.50. The molecule has 2 bridgehead atoms. The van der Waals surface area contributed by atoms with Crippen LogP contribution in [0.25, 0.3) is 0 Å². The van der Waals surface area contributed by atoms with Gasteiger partial charge in [-0.25, -0.2) is 0 Å². The van der Waals surface area contributed by atoms with Crippen LogP contribution in [0.3, 0.4) is 0 Å². The van der Waals surface area contributed by atoms with Crippen molar-refractivity contribution >= 4 is 11.6 Å². The summed E-state index contributed by atoms with van der Waals surface area (Å²) in [4.78, 5) is 14.4. The first-order valence-corrected chi connectivity index (χ1v) is 7.50. The second kappa shape index (κ2) is 5.44. The van der Waals surface area contributed by atoms with Crippen LogP contribution in [0.5, 0.6) is 0 Å². The Kier molecular flexibility index (Phi) is 3.66. The summed E-state index contributed by atoms with van der Waals surface area (Å²) in [6.07, 6.45) is 5.45. The number of nitrogens with one attached hydrogen (secondary N) is 1. The molecule has 1 aromatic rings. The molecule has 0 spiro atoms. The summed E-state index contributed by atoms with van der Waals surface area (Å²) in [5, 5.41) is 0. The molecule has 4 heteroatoms. The summed E-state index contributed by atoms with van der Waals surface area (Å²) >= 11 is 0. The third-order valence-electron chi connectivity index (χ3n) is 5.05. The van der Waals surface area contributed by atoms with Crippen LogP contribution in [0.2, 0.25) is 0 Å². The lowest BCUT2D eigenvalue weighted by Crippen LogP contribution is -2.34.